The Hall–Kier alpha value is -2.99. The zero-order valence-corrected chi connectivity index (χ0v) is 17.5. The minimum absolute atomic E-state index is 0.00390. The Kier molecular flexibility index (Phi) is 3.93. The SMILES string of the molecule is CC(=O)c1ccc(N2C(=O)[C@@H]3[C@@H]4C[C@@H]([C@@H]5ON=C(c6ccc(Cl)cc6)[C@H]45)[C@@H]3C2=O)cc1. The second kappa shape index (κ2) is 6.50. The summed E-state index contributed by atoms with van der Waals surface area (Å²) in [5.74, 6) is -1.10. The third-order valence-electron chi connectivity index (χ3n) is 7.36. The van der Waals surface area contributed by atoms with Crippen LogP contribution in [0.5, 0.6) is 0 Å². The first-order valence-electron chi connectivity index (χ1n) is 10.4. The summed E-state index contributed by atoms with van der Waals surface area (Å²) in [6, 6.07) is 14.1. The van der Waals surface area contributed by atoms with Gasteiger partial charge in [0.25, 0.3) is 0 Å². The van der Waals surface area contributed by atoms with Gasteiger partial charge in [-0.3, -0.25) is 19.3 Å². The van der Waals surface area contributed by atoms with Crippen LogP contribution in [0.3, 0.4) is 0 Å². The van der Waals surface area contributed by atoms with Gasteiger partial charge in [-0.05, 0) is 61.2 Å². The predicted octanol–water partition coefficient (Wildman–Crippen LogP) is 3.72. The van der Waals surface area contributed by atoms with E-state index in [1.54, 1.807) is 24.3 Å². The van der Waals surface area contributed by atoms with Gasteiger partial charge in [0.2, 0.25) is 11.8 Å². The van der Waals surface area contributed by atoms with Crippen LogP contribution in [-0.4, -0.2) is 29.4 Å². The third kappa shape index (κ3) is 2.51. The number of amides is 2. The van der Waals surface area contributed by atoms with Crippen molar-refractivity contribution in [2.45, 2.75) is 19.4 Å². The van der Waals surface area contributed by atoms with Gasteiger partial charge in [-0.15, -0.1) is 0 Å². The molecule has 156 valence electrons. The first-order chi connectivity index (χ1) is 15.0. The highest BCUT2D eigenvalue weighted by Gasteiger charge is 2.70. The average Bonchev–Trinajstić information content (AvgIpc) is 3.49. The van der Waals surface area contributed by atoms with Crippen molar-refractivity contribution in [2.24, 2.45) is 34.7 Å². The van der Waals surface area contributed by atoms with Gasteiger partial charge in [0, 0.05) is 22.4 Å². The second-order valence-electron chi connectivity index (χ2n) is 8.81. The van der Waals surface area contributed by atoms with Crippen molar-refractivity contribution >= 4 is 40.6 Å². The number of fused-ring (bicyclic) bond motifs is 8. The molecular formula is C24H19ClN2O4. The van der Waals surface area contributed by atoms with Crippen LogP contribution in [0, 0.1) is 29.6 Å². The number of carbonyl (C=O) groups excluding carboxylic acids is 3. The van der Waals surface area contributed by atoms with E-state index < -0.39 is 0 Å². The molecule has 6 rings (SSSR count). The molecule has 2 aliphatic carbocycles. The normalized spacial score (nSPS) is 32.7. The topological polar surface area (TPSA) is 76.0 Å². The van der Waals surface area contributed by atoms with Gasteiger partial charge >= 0.3 is 0 Å². The lowest BCUT2D eigenvalue weighted by atomic mass is 9.71. The number of oxime groups is 1. The highest BCUT2D eigenvalue weighted by molar-refractivity contribution is 6.30. The van der Waals surface area contributed by atoms with E-state index in [0.717, 1.165) is 17.7 Å². The lowest BCUT2D eigenvalue weighted by Crippen LogP contribution is -2.41. The van der Waals surface area contributed by atoms with Crippen LogP contribution in [0.2, 0.25) is 5.02 Å². The number of anilines is 1. The molecule has 0 N–H and O–H groups in total. The molecule has 2 aliphatic heterocycles. The van der Waals surface area contributed by atoms with Crippen molar-refractivity contribution in [3.8, 4) is 0 Å². The molecule has 0 unspecified atom stereocenters. The summed E-state index contributed by atoms with van der Waals surface area (Å²) in [6.07, 6.45) is 0.625. The van der Waals surface area contributed by atoms with E-state index in [-0.39, 0.29) is 53.3 Å². The van der Waals surface area contributed by atoms with E-state index >= 15 is 0 Å². The van der Waals surface area contributed by atoms with Crippen LogP contribution < -0.4 is 4.90 Å². The van der Waals surface area contributed by atoms with Crippen molar-refractivity contribution in [3.05, 3.63) is 64.7 Å². The summed E-state index contributed by atoms with van der Waals surface area (Å²) < 4.78 is 0. The molecular weight excluding hydrogens is 416 g/mol. The molecule has 2 aromatic carbocycles. The number of nitrogens with zero attached hydrogens (tertiary/aromatic N) is 2. The fourth-order valence-corrected chi connectivity index (χ4v) is 6.21. The van der Waals surface area contributed by atoms with Gasteiger partial charge in [-0.1, -0.05) is 28.9 Å². The lowest BCUT2D eigenvalue weighted by molar-refractivity contribution is -0.125. The number of carbonyl (C=O) groups is 3. The Morgan fingerprint density at radius 2 is 1.61 bits per heavy atom. The maximum absolute atomic E-state index is 13.4. The molecule has 6 atom stereocenters. The summed E-state index contributed by atoms with van der Waals surface area (Å²) in [7, 11) is 0. The van der Waals surface area contributed by atoms with E-state index in [2.05, 4.69) is 5.16 Å². The molecule has 31 heavy (non-hydrogen) atoms. The molecule has 2 aromatic rings. The molecule has 2 bridgehead atoms. The third-order valence-corrected chi connectivity index (χ3v) is 7.61. The van der Waals surface area contributed by atoms with Crippen LogP contribution in [-0.2, 0) is 14.4 Å². The van der Waals surface area contributed by atoms with Crippen molar-refractivity contribution in [1.82, 2.24) is 0 Å². The number of ketones is 1. The van der Waals surface area contributed by atoms with E-state index in [1.165, 1.54) is 11.8 Å². The average molecular weight is 435 g/mol. The molecule has 2 saturated carbocycles. The molecule has 2 amide bonds. The van der Waals surface area contributed by atoms with Crippen LogP contribution in [0.15, 0.2) is 53.7 Å². The van der Waals surface area contributed by atoms with E-state index in [0.29, 0.717) is 16.3 Å². The molecule has 4 aliphatic rings. The van der Waals surface area contributed by atoms with Crippen molar-refractivity contribution in [3.63, 3.8) is 0 Å². The number of halogens is 1. The number of benzene rings is 2. The molecule has 0 radical (unpaired) electrons. The van der Waals surface area contributed by atoms with Gasteiger partial charge in [0.15, 0.2) is 5.78 Å². The van der Waals surface area contributed by atoms with Gasteiger partial charge in [-0.25, -0.2) is 0 Å². The van der Waals surface area contributed by atoms with E-state index in [1.807, 2.05) is 24.3 Å². The largest absolute Gasteiger partial charge is 0.391 e. The first-order valence-corrected chi connectivity index (χ1v) is 10.8. The summed E-state index contributed by atoms with van der Waals surface area (Å²) in [4.78, 5) is 45.4. The molecule has 6 nitrogen and oxygen atoms in total. The summed E-state index contributed by atoms with van der Waals surface area (Å²) in [6.45, 7) is 1.49. The van der Waals surface area contributed by atoms with Gasteiger partial charge in [0.1, 0.15) is 6.10 Å². The Morgan fingerprint density at radius 3 is 2.26 bits per heavy atom. The summed E-state index contributed by atoms with van der Waals surface area (Å²) >= 11 is 6.02. The molecule has 2 heterocycles. The van der Waals surface area contributed by atoms with E-state index in [9.17, 15) is 14.4 Å². The van der Waals surface area contributed by atoms with Crippen LogP contribution in [0.4, 0.5) is 5.69 Å². The standard InChI is InChI=1S/C24H19ClN2O4/c1-11(28)12-4-8-15(9-5-12)27-23(29)18-16-10-17(19(18)24(27)30)22-20(16)21(26-31-22)13-2-6-14(25)7-3-13/h2-9,16-20,22H,10H2,1H3/t16-,17+,18+,19-,20-,22-/m0/s1. The van der Waals surface area contributed by atoms with Crippen LogP contribution in [0.1, 0.15) is 29.3 Å². The van der Waals surface area contributed by atoms with Gasteiger partial charge < -0.3 is 4.84 Å². The molecule has 1 saturated heterocycles. The smallest absolute Gasteiger partial charge is 0.238 e. The number of rotatable bonds is 3. The predicted molar refractivity (Wildman–Crippen MR) is 114 cm³/mol. The van der Waals surface area contributed by atoms with E-state index in [4.69, 9.17) is 16.4 Å². The zero-order chi connectivity index (χ0) is 21.4. The first kappa shape index (κ1) is 18.8. The Balaban J connectivity index is 1.32. The van der Waals surface area contributed by atoms with Crippen LogP contribution >= 0.6 is 11.6 Å². The van der Waals surface area contributed by atoms with Crippen molar-refractivity contribution in [2.75, 3.05) is 4.90 Å². The number of Topliss-reactive ketones (excluding diaryl/α,β-unsaturated/α-hetero) is 1. The van der Waals surface area contributed by atoms with Gasteiger partial charge in [0.05, 0.1) is 23.2 Å². The molecule has 0 spiro atoms. The minimum atomic E-state index is -0.369. The number of hydrogen-bond donors (Lipinski definition) is 0. The molecule has 7 heteroatoms. The Bertz CT molecular complexity index is 1160. The minimum Gasteiger partial charge on any atom is -0.391 e. The Morgan fingerprint density at radius 1 is 0.968 bits per heavy atom. The highest BCUT2D eigenvalue weighted by atomic mass is 35.5. The van der Waals surface area contributed by atoms with Crippen molar-refractivity contribution < 1.29 is 19.2 Å². The second-order valence-corrected chi connectivity index (χ2v) is 9.25. The zero-order valence-electron chi connectivity index (χ0n) is 16.7. The maximum Gasteiger partial charge on any atom is 0.238 e. The van der Waals surface area contributed by atoms with Crippen molar-refractivity contribution in [1.29, 1.82) is 0 Å². The Labute approximate surface area is 183 Å². The summed E-state index contributed by atoms with van der Waals surface area (Å²) in [5.41, 5.74) is 2.85. The highest BCUT2D eigenvalue weighted by Crippen LogP contribution is 2.62. The number of imide groups is 1. The molecule has 3 fully saturated rings. The monoisotopic (exact) mass is 434 g/mol. The maximum atomic E-state index is 13.4. The summed E-state index contributed by atoms with van der Waals surface area (Å²) in [5, 5.41) is 5.00. The lowest BCUT2D eigenvalue weighted by Gasteiger charge is -2.29. The number of hydrogen-bond acceptors (Lipinski definition) is 5. The van der Waals surface area contributed by atoms with Crippen LogP contribution in [0.25, 0.3) is 0 Å². The fourth-order valence-electron chi connectivity index (χ4n) is 6.08. The molecule has 0 aromatic heterocycles. The fraction of sp³-hybridized carbons (Fsp3) is 0.333. The van der Waals surface area contributed by atoms with Gasteiger partial charge in [-0.2, -0.15) is 0 Å². The quantitative estimate of drug-likeness (QED) is 0.545.